The number of amides is 1. The van der Waals surface area contributed by atoms with Crippen LogP contribution >= 0.6 is 0 Å². The molecule has 1 amide bonds. The van der Waals surface area contributed by atoms with Crippen molar-refractivity contribution in [3.63, 3.8) is 0 Å². The second-order valence-corrected chi connectivity index (χ2v) is 8.34. The van der Waals surface area contributed by atoms with Gasteiger partial charge in [-0.2, -0.15) is 4.98 Å². The molecule has 0 aliphatic heterocycles. The lowest BCUT2D eigenvalue weighted by molar-refractivity contribution is 0.0998. The molecule has 4 rings (SSSR count). The van der Waals surface area contributed by atoms with Crippen molar-refractivity contribution in [2.45, 2.75) is 4.90 Å². The largest absolute Gasteiger partial charge is 0.438 e. The molecule has 32 heavy (non-hydrogen) atoms. The molecule has 0 bridgehead atoms. The molecule has 0 saturated heterocycles. The number of primary amides is 1. The summed E-state index contributed by atoms with van der Waals surface area (Å²) >= 11 is 0. The number of nitrogens with two attached hydrogens (primary N) is 1. The molecule has 3 aromatic carbocycles. The van der Waals surface area contributed by atoms with Crippen LogP contribution in [0.15, 0.2) is 95.9 Å². The van der Waals surface area contributed by atoms with Crippen LogP contribution in [0.4, 0.5) is 5.95 Å². The highest BCUT2D eigenvalue weighted by atomic mass is 32.2. The fourth-order valence-electron chi connectivity index (χ4n) is 2.93. The third kappa shape index (κ3) is 4.73. The molecular formula is C23H18N4O4S. The van der Waals surface area contributed by atoms with Crippen LogP contribution in [0.5, 0.6) is 11.6 Å². The predicted molar refractivity (Wildman–Crippen MR) is 120 cm³/mol. The van der Waals surface area contributed by atoms with E-state index in [1.54, 1.807) is 42.5 Å². The van der Waals surface area contributed by atoms with Gasteiger partial charge in [-0.1, -0.05) is 60.7 Å². The average Bonchev–Trinajstić information content (AvgIpc) is 2.80. The SMILES string of the molecule is NC(=O)c1ccccc1Oc1cc(-c2ccccc2)nc(NS(=O)(=O)c2ccccc2)n1. The number of hydrogen-bond donors (Lipinski definition) is 2. The highest BCUT2D eigenvalue weighted by Crippen LogP contribution is 2.28. The quantitative estimate of drug-likeness (QED) is 0.444. The van der Waals surface area contributed by atoms with Crippen LogP contribution in [-0.4, -0.2) is 24.3 Å². The van der Waals surface area contributed by atoms with Gasteiger partial charge in [0, 0.05) is 11.6 Å². The number of carbonyl (C=O) groups excluding carboxylic acids is 1. The number of benzene rings is 3. The molecule has 0 fully saturated rings. The molecule has 0 saturated carbocycles. The number of carbonyl (C=O) groups is 1. The zero-order chi connectivity index (χ0) is 22.6. The number of rotatable bonds is 7. The van der Waals surface area contributed by atoms with Gasteiger partial charge in [-0.25, -0.2) is 18.1 Å². The van der Waals surface area contributed by atoms with Crippen LogP contribution in [-0.2, 0) is 10.0 Å². The number of ether oxygens (including phenoxy) is 1. The standard InChI is InChI=1S/C23H18N4O4S/c24-22(28)18-13-7-8-14-20(18)31-21-15-19(16-9-3-1-4-10-16)25-23(26-21)27-32(29,30)17-11-5-2-6-12-17/h1-15H,(H2,24,28)(H,25,26,27). The Morgan fingerprint density at radius 2 is 1.47 bits per heavy atom. The van der Waals surface area contributed by atoms with Gasteiger partial charge in [0.2, 0.25) is 11.8 Å². The number of nitrogens with one attached hydrogen (secondary N) is 1. The molecule has 8 nitrogen and oxygen atoms in total. The van der Waals surface area contributed by atoms with E-state index in [1.165, 1.54) is 18.2 Å². The van der Waals surface area contributed by atoms with Gasteiger partial charge < -0.3 is 10.5 Å². The first-order valence-electron chi connectivity index (χ1n) is 9.51. The number of anilines is 1. The number of para-hydroxylation sites is 1. The van der Waals surface area contributed by atoms with Crippen molar-refractivity contribution in [3.05, 3.63) is 96.6 Å². The molecule has 0 spiro atoms. The van der Waals surface area contributed by atoms with Crippen molar-refractivity contribution in [2.75, 3.05) is 4.72 Å². The fourth-order valence-corrected chi connectivity index (χ4v) is 3.90. The van der Waals surface area contributed by atoms with E-state index in [2.05, 4.69) is 14.7 Å². The zero-order valence-electron chi connectivity index (χ0n) is 16.7. The van der Waals surface area contributed by atoms with Gasteiger partial charge in [0.05, 0.1) is 16.2 Å². The molecule has 9 heteroatoms. The van der Waals surface area contributed by atoms with Crippen LogP contribution in [0.25, 0.3) is 11.3 Å². The summed E-state index contributed by atoms with van der Waals surface area (Å²) in [4.78, 5) is 20.3. The summed E-state index contributed by atoms with van der Waals surface area (Å²) in [5.74, 6) is -0.613. The van der Waals surface area contributed by atoms with Crippen molar-refractivity contribution in [1.29, 1.82) is 0 Å². The number of aromatic nitrogens is 2. The van der Waals surface area contributed by atoms with Crippen molar-refractivity contribution in [3.8, 4) is 22.9 Å². The van der Waals surface area contributed by atoms with Crippen LogP contribution in [0, 0.1) is 0 Å². The highest BCUT2D eigenvalue weighted by Gasteiger charge is 2.18. The van der Waals surface area contributed by atoms with Gasteiger partial charge in [0.15, 0.2) is 0 Å². The van der Waals surface area contributed by atoms with Crippen LogP contribution in [0.1, 0.15) is 10.4 Å². The third-order valence-electron chi connectivity index (χ3n) is 4.42. The molecule has 0 atom stereocenters. The number of sulfonamides is 1. The normalized spacial score (nSPS) is 11.0. The fraction of sp³-hybridized carbons (Fsp3) is 0. The lowest BCUT2D eigenvalue weighted by atomic mass is 10.1. The smallest absolute Gasteiger partial charge is 0.264 e. The van der Waals surface area contributed by atoms with Crippen LogP contribution in [0.3, 0.4) is 0 Å². The number of nitrogens with zero attached hydrogens (tertiary/aromatic N) is 2. The maximum absolute atomic E-state index is 12.8. The molecule has 160 valence electrons. The molecule has 3 N–H and O–H groups in total. The van der Waals surface area contributed by atoms with E-state index in [9.17, 15) is 13.2 Å². The first-order chi connectivity index (χ1) is 15.4. The van der Waals surface area contributed by atoms with Crippen LogP contribution < -0.4 is 15.2 Å². The molecule has 1 aromatic heterocycles. The summed E-state index contributed by atoms with van der Waals surface area (Å²) in [6.07, 6.45) is 0. The van der Waals surface area contributed by atoms with E-state index < -0.39 is 15.9 Å². The van der Waals surface area contributed by atoms with Gasteiger partial charge in [0.1, 0.15) is 5.75 Å². The molecule has 0 aliphatic carbocycles. The van der Waals surface area contributed by atoms with E-state index >= 15 is 0 Å². The second kappa shape index (κ2) is 8.86. The Bertz CT molecular complexity index is 1360. The number of hydrogen-bond acceptors (Lipinski definition) is 6. The van der Waals surface area contributed by atoms with Gasteiger partial charge in [-0.15, -0.1) is 0 Å². The monoisotopic (exact) mass is 446 g/mol. The topological polar surface area (TPSA) is 124 Å². The lowest BCUT2D eigenvalue weighted by Gasteiger charge is -2.12. The summed E-state index contributed by atoms with van der Waals surface area (Å²) < 4.78 is 33.7. The minimum Gasteiger partial charge on any atom is -0.438 e. The molecule has 0 radical (unpaired) electrons. The molecule has 0 aliphatic rings. The predicted octanol–water partition coefficient (Wildman–Crippen LogP) is 3.84. The van der Waals surface area contributed by atoms with Crippen molar-refractivity contribution in [2.24, 2.45) is 5.73 Å². The van der Waals surface area contributed by atoms with Gasteiger partial charge in [0.25, 0.3) is 15.9 Å². The maximum Gasteiger partial charge on any atom is 0.264 e. The summed E-state index contributed by atoms with van der Waals surface area (Å²) in [7, 11) is -3.93. The molecular weight excluding hydrogens is 428 g/mol. The van der Waals surface area contributed by atoms with E-state index in [0.717, 1.165) is 5.56 Å². The highest BCUT2D eigenvalue weighted by molar-refractivity contribution is 7.92. The summed E-state index contributed by atoms with van der Waals surface area (Å²) in [5, 5.41) is 0. The minimum absolute atomic E-state index is 0.0401. The Morgan fingerprint density at radius 3 is 2.16 bits per heavy atom. The van der Waals surface area contributed by atoms with E-state index in [0.29, 0.717) is 5.69 Å². The van der Waals surface area contributed by atoms with Gasteiger partial charge in [-0.05, 0) is 24.3 Å². The molecule has 4 aromatic rings. The maximum atomic E-state index is 12.8. The first kappa shape index (κ1) is 21.0. The molecule has 0 unspecified atom stereocenters. The molecule has 1 heterocycles. The van der Waals surface area contributed by atoms with Crippen LogP contribution in [0.2, 0.25) is 0 Å². The Hall–Kier alpha value is -4.24. The van der Waals surface area contributed by atoms with E-state index in [1.807, 2.05) is 30.3 Å². The average molecular weight is 446 g/mol. The summed E-state index contributed by atoms with van der Waals surface area (Å²) in [5.41, 5.74) is 6.74. The Balaban J connectivity index is 1.77. The van der Waals surface area contributed by atoms with E-state index in [4.69, 9.17) is 10.5 Å². The summed E-state index contributed by atoms with van der Waals surface area (Å²) in [6, 6.07) is 25.0. The first-order valence-corrected chi connectivity index (χ1v) is 11.0. The van der Waals surface area contributed by atoms with Gasteiger partial charge >= 0.3 is 0 Å². The summed E-state index contributed by atoms with van der Waals surface area (Å²) in [6.45, 7) is 0. The zero-order valence-corrected chi connectivity index (χ0v) is 17.5. The van der Waals surface area contributed by atoms with E-state index in [-0.39, 0.29) is 28.0 Å². The van der Waals surface area contributed by atoms with Crippen molar-refractivity contribution >= 4 is 21.9 Å². The Morgan fingerprint density at radius 1 is 0.844 bits per heavy atom. The van der Waals surface area contributed by atoms with Crippen molar-refractivity contribution in [1.82, 2.24) is 9.97 Å². The second-order valence-electron chi connectivity index (χ2n) is 6.66. The Kier molecular flexibility index (Phi) is 5.82. The van der Waals surface area contributed by atoms with Crippen molar-refractivity contribution < 1.29 is 17.9 Å². The minimum atomic E-state index is -3.93. The Labute approximate surface area is 184 Å². The van der Waals surface area contributed by atoms with Gasteiger partial charge in [-0.3, -0.25) is 4.79 Å². The lowest BCUT2D eigenvalue weighted by Crippen LogP contribution is -2.15. The third-order valence-corrected chi connectivity index (χ3v) is 5.76.